The van der Waals surface area contributed by atoms with Crippen molar-refractivity contribution in [1.29, 1.82) is 0 Å². The highest BCUT2D eigenvalue weighted by atomic mass is 19.1. The van der Waals surface area contributed by atoms with Crippen LogP contribution in [0.1, 0.15) is 24.5 Å². The lowest BCUT2D eigenvalue weighted by molar-refractivity contribution is 0.226. The van der Waals surface area contributed by atoms with E-state index in [0.717, 1.165) is 0 Å². The Labute approximate surface area is 165 Å². The van der Waals surface area contributed by atoms with Crippen LogP contribution in [0.5, 0.6) is 5.75 Å². The van der Waals surface area contributed by atoms with Crippen LogP contribution in [0.2, 0.25) is 0 Å². The number of aryl methyl sites for hydroxylation is 1. The predicted octanol–water partition coefficient (Wildman–Crippen LogP) is 3.07. The second kappa shape index (κ2) is 7.23. The first kappa shape index (κ1) is 18.4. The second-order valence-corrected chi connectivity index (χ2v) is 6.34. The van der Waals surface area contributed by atoms with E-state index in [4.69, 9.17) is 20.6 Å². The van der Waals surface area contributed by atoms with E-state index in [0.29, 0.717) is 34.2 Å². The highest BCUT2D eigenvalue weighted by Gasteiger charge is 2.19. The Morgan fingerprint density at radius 3 is 2.59 bits per heavy atom. The molecule has 3 aromatic heterocycles. The van der Waals surface area contributed by atoms with Gasteiger partial charge in [0.2, 0.25) is 0 Å². The number of nitrogens with zero attached hydrogens (tertiary/aromatic N) is 5. The van der Waals surface area contributed by atoms with Crippen molar-refractivity contribution in [3.05, 3.63) is 60.1 Å². The molecule has 148 valence electrons. The van der Waals surface area contributed by atoms with E-state index >= 15 is 0 Å². The fraction of sp³-hybridized carbons (Fsp3) is 0.158. The van der Waals surface area contributed by atoms with Crippen LogP contribution in [0.3, 0.4) is 0 Å². The van der Waals surface area contributed by atoms with Gasteiger partial charge in [0.15, 0.2) is 29.0 Å². The van der Waals surface area contributed by atoms with Crippen LogP contribution in [-0.4, -0.2) is 25.0 Å². The zero-order chi connectivity index (χ0) is 20.5. The zero-order valence-corrected chi connectivity index (χ0v) is 15.7. The van der Waals surface area contributed by atoms with Crippen LogP contribution in [0.15, 0.2) is 47.3 Å². The molecular formula is C19H18FN7O2. The zero-order valence-electron chi connectivity index (χ0n) is 15.7. The lowest BCUT2D eigenvalue weighted by atomic mass is 10.1. The lowest BCUT2D eigenvalue weighted by Crippen LogP contribution is -2.11. The van der Waals surface area contributed by atoms with E-state index in [1.54, 1.807) is 26.0 Å². The average Bonchev–Trinajstić information content (AvgIpc) is 3.33. The van der Waals surface area contributed by atoms with E-state index < -0.39 is 11.9 Å². The van der Waals surface area contributed by atoms with Gasteiger partial charge in [-0.15, -0.1) is 0 Å². The molecule has 0 aliphatic rings. The molecule has 3 heterocycles. The van der Waals surface area contributed by atoms with Crippen molar-refractivity contribution < 1.29 is 13.5 Å². The maximum atomic E-state index is 13.9. The molecule has 0 bridgehead atoms. The summed E-state index contributed by atoms with van der Waals surface area (Å²) in [6, 6.07) is 5.94. The van der Waals surface area contributed by atoms with Gasteiger partial charge < -0.3 is 20.6 Å². The standard InChI is InChI=1S/C19H18FN7O2/c1-10(14-8-13(20)3-4-15(14)27-24-5-6-25-27)28-16-7-12(9-23-18(16)21)17-19(22)26-11(2)29-17/h3-10H,22H2,1-2H3,(H2,21,23)/t10-/m1/s1. The summed E-state index contributed by atoms with van der Waals surface area (Å²) in [7, 11) is 0. The fourth-order valence-corrected chi connectivity index (χ4v) is 2.95. The van der Waals surface area contributed by atoms with Crippen LogP contribution >= 0.6 is 0 Å². The van der Waals surface area contributed by atoms with Crippen molar-refractivity contribution in [3.8, 4) is 22.8 Å². The van der Waals surface area contributed by atoms with Crippen molar-refractivity contribution in [3.63, 3.8) is 0 Å². The largest absolute Gasteiger partial charge is 0.482 e. The molecule has 0 amide bonds. The van der Waals surface area contributed by atoms with Crippen LogP contribution in [0.4, 0.5) is 16.0 Å². The van der Waals surface area contributed by atoms with Crippen LogP contribution in [0, 0.1) is 12.7 Å². The van der Waals surface area contributed by atoms with Crippen molar-refractivity contribution in [2.24, 2.45) is 0 Å². The summed E-state index contributed by atoms with van der Waals surface area (Å²) < 4.78 is 25.5. The number of nitrogen functional groups attached to an aromatic ring is 2. The minimum atomic E-state index is -0.583. The Hall–Kier alpha value is -3.95. The number of halogens is 1. The third-order valence-electron chi connectivity index (χ3n) is 4.27. The molecule has 10 heteroatoms. The van der Waals surface area contributed by atoms with Gasteiger partial charge in [0.25, 0.3) is 0 Å². The molecule has 4 rings (SSSR count). The molecule has 4 N–H and O–H groups in total. The first-order valence-corrected chi connectivity index (χ1v) is 8.74. The van der Waals surface area contributed by atoms with E-state index in [2.05, 4.69) is 20.2 Å². The number of benzene rings is 1. The highest BCUT2D eigenvalue weighted by molar-refractivity contribution is 5.70. The second-order valence-electron chi connectivity index (χ2n) is 6.34. The van der Waals surface area contributed by atoms with Crippen LogP contribution in [-0.2, 0) is 0 Å². The summed E-state index contributed by atoms with van der Waals surface area (Å²) in [4.78, 5) is 9.59. The maximum absolute atomic E-state index is 13.9. The minimum Gasteiger partial charge on any atom is -0.482 e. The van der Waals surface area contributed by atoms with Gasteiger partial charge in [-0.05, 0) is 31.2 Å². The number of hydrogen-bond donors (Lipinski definition) is 2. The smallest absolute Gasteiger partial charge is 0.193 e. The molecule has 0 radical (unpaired) electrons. The molecular weight excluding hydrogens is 377 g/mol. The van der Waals surface area contributed by atoms with Crippen LogP contribution < -0.4 is 16.2 Å². The number of rotatable bonds is 5. The molecule has 29 heavy (non-hydrogen) atoms. The number of oxazole rings is 1. The molecule has 0 aliphatic carbocycles. The highest BCUT2D eigenvalue weighted by Crippen LogP contribution is 2.34. The number of pyridine rings is 1. The molecule has 0 unspecified atom stereocenters. The third-order valence-corrected chi connectivity index (χ3v) is 4.27. The molecule has 0 fully saturated rings. The average molecular weight is 395 g/mol. The quantitative estimate of drug-likeness (QED) is 0.527. The Morgan fingerprint density at radius 1 is 1.14 bits per heavy atom. The lowest BCUT2D eigenvalue weighted by Gasteiger charge is -2.19. The Morgan fingerprint density at radius 2 is 1.90 bits per heavy atom. The number of nitrogens with two attached hydrogens (primary N) is 2. The first-order valence-electron chi connectivity index (χ1n) is 8.74. The molecule has 0 saturated heterocycles. The van der Waals surface area contributed by atoms with E-state index in [9.17, 15) is 4.39 Å². The van der Waals surface area contributed by atoms with E-state index in [1.807, 2.05) is 0 Å². The Bertz CT molecular complexity index is 1160. The number of ether oxygens (including phenoxy) is 1. The van der Waals surface area contributed by atoms with Crippen molar-refractivity contribution >= 4 is 11.6 Å². The molecule has 1 aromatic carbocycles. The van der Waals surface area contributed by atoms with Crippen molar-refractivity contribution in [1.82, 2.24) is 25.0 Å². The van der Waals surface area contributed by atoms with Gasteiger partial charge in [-0.25, -0.2) is 9.37 Å². The van der Waals surface area contributed by atoms with Gasteiger partial charge in [-0.3, -0.25) is 0 Å². The van der Waals surface area contributed by atoms with Gasteiger partial charge in [-0.1, -0.05) is 0 Å². The normalized spacial score (nSPS) is 12.1. The number of anilines is 2. The molecule has 0 spiro atoms. The summed E-state index contributed by atoms with van der Waals surface area (Å²) in [6.07, 6.45) is 4.01. The maximum Gasteiger partial charge on any atom is 0.193 e. The molecule has 4 aromatic rings. The van der Waals surface area contributed by atoms with Crippen LogP contribution in [0.25, 0.3) is 17.0 Å². The number of hydrogen-bond acceptors (Lipinski definition) is 8. The Kier molecular flexibility index (Phi) is 4.59. The topological polar surface area (TPSA) is 131 Å². The van der Waals surface area contributed by atoms with Gasteiger partial charge in [0.1, 0.15) is 11.9 Å². The molecule has 9 nitrogen and oxygen atoms in total. The molecule has 0 saturated carbocycles. The molecule has 1 atom stereocenters. The minimum absolute atomic E-state index is 0.172. The molecule has 0 aliphatic heterocycles. The van der Waals surface area contributed by atoms with Gasteiger partial charge in [-0.2, -0.15) is 20.0 Å². The summed E-state index contributed by atoms with van der Waals surface area (Å²) >= 11 is 0. The Balaban J connectivity index is 1.69. The van der Waals surface area contributed by atoms with E-state index in [1.165, 1.54) is 35.5 Å². The van der Waals surface area contributed by atoms with Gasteiger partial charge in [0.05, 0.1) is 18.1 Å². The summed E-state index contributed by atoms with van der Waals surface area (Å²) in [5.74, 6) is 1.11. The summed E-state index contributed by atoms with van der Waals surface area (Å²) in [6.45, 7) is 3.46. The van der Waals surface area contributed by atoms with Crippen molar-refractivity contribution in [2.45, 2.75) is 20.0 Å². The van der Waals surface area contributed by atoms with Gasteiger partial charge >= 0.3 is 0 Å². The monoisotopic (exact) mass is 395 g/mol. The SMILES string of the molecule is Cc1nc(N)c(-c2cnc(N)c(O[C@H](C)c3cc(F)ccc3-n3nccn3)c2)o1. The van der Waals surface area contributed by atoms with Crippen molar-refractivity contribution in [2.75, 3.05) is 11.5 Å². The van der Waals surface area contributed by atoms with Gasteiger partial charge in [0, 0.05) is 24.2 Å². The summed E-state index contributed by atoms with van der Waals surface area (Å²) in [5, 5.41) is 8.21. The fourth-order valence-electron chi connectivity index (χ4n) is 2.95. The van der Waals surface area contributed by atoms with E-state index in [-0.39, 0.29) is 11.6 Å². The first-order chi connectivity index (χ1) is 13.9. The predicted molar refractivity (Wildman–Crippen MR) is 104 cm³/mol. The number of aromatic nitrogens is 5. The summed E-state index contributed by atoms with van der Waals surface area (Å²) in [5.41, 5.74) is 13.6. The third kappa shape index (κ3) is 3.59.